The first-order valence-corrected chi connectivity index (χ1v) is 5.47. The molecule has 0 unspecified atom stereocenters. The monoisotopic (exact) mass is 215 g/mol. The van der Waals surface area contributed by atoms with Crippen molar-refractivity contribution in [2.75, 3.05) is 7.05 Å². The number of rotatable bonds is 3. The third-order valence-corrected chi connectivity index (χ3v) is 2.68. The molecule has 3 heteroatoms. The van der Waals surface area contributed by atoms with Gasteiger partial charge in [0.25, 0.3) is 0 Å². The van der Waals surface area contributed by atoms with Crippen molar-refractivity contribution < 1.29 is 0 Å². The Morgan fingerprint density at radius 3 is 2.62 bits per heavy atom. The van der Waals surface area contributed by atoms with Crippen molar-refractivity contribution >= 4 is 0 Å². The zero-order valence-electron chi connectivity index (χ0n) is 9.99. The molecule has 0 saturated carbocycles. The number of hydrogen-bond acceptors (Lipinski definition) is 2. The summed E-state index contributed by atoms with van der Waals surface area (Å²) in [4.78, 5) is 0. The maximum atomic E-state index is 4.40. The van der Waals surface area contributed by atoms with E-state index in [0.29, 0.717) is 0 Å². The van der Waals surface area contributed by atoms with Gasteiger partial charge in [0.05, 0.1) is 11.4 Å². The van der Waals surface area contributed by atoms with Crippen molar-refractivity contribution in [2.45, 2.75) is 20.4 Å². The van der Waals surface area contributed by atoms with Gasteiger partial charge in [-0.2, -0.15) is 5.10 Å². The van der Waals surface area contributed by atoms with Crippen molar-refractivity contribution in [1.29, 1.82) is 0 Å². The highest BCUT2D eigenvalue weighted by molar-refractivity contribution is 5.39. The van der Waals surface area contributed by atoms with E-state index in [4.69, 9.17) is 0 Å². The first kappa shape index (κ1) is 10.9. The minimum absolute atomic E-state index is 0.907. The molecule has 0 spiro atoms. The second-order valence-electron chi connectivity index (χ2n) is 4.04. The van der Waals surface area contributed by atoms with E-state index >= 15 is 0 Å². The number of nitrogens with one attached hydrogen (secondary N) is 1. The Morgan fingerprint density at radius 2 is 2.06 bits per heavy atom. The molecule has 84 valence electrons. The van der Waals surface area contributed by atoms with Gasteiger partial charge in [-0.25, -0.2) is 4.68 Å². The minimum atomic E-state index is 0.907. The molecule has 0 fully saturated rings. The van der Waals surface area contributed by atoms with E-state index in [1.54, 1.807) is 0 Å². The lowest BCUT2D eigenvalue weighted by Gasteiger charge is -2.08. The summed E-state index contributed by atoms with van der Waals surface area (Å²) < 4.78 is 1.91. The molecule has 0 radical (unpaired) electrons. The highest BCUT2D eigenvalue weighted by Crippen LogP contribution is 2.14. The van der Waals surface area contributed by atoms with Gasteiger partial charge in [-0.15, -0.1) is 0 Å². The first-order chi connectivity index (χ1) is 7.70. The average molecular weight is 215 g/mol. The largest absolute Gasteiger partial charge is 0.316 e. The lowest BCUT2D eigenvalue weighted by molar-refractivity contribution is 0.808. The van der Waals surface area contributed by atoms with Crippen LogP contribution in [0.15, 0.2) is 30.5 Å². The van der Waals surface area contributed by atoms with Gasteiger partial charge in [-0.1, -0.05) is 6.07 Å². The summed E-state index contributed by atoms with van der Waals surface area (Å²) in [6.45, 7) is 5.04. The third-order valence-electron chi connectivity index (χ3n) is 2.68. The maximum absolute atomic E-state index is 4.40. The highest BCUT2D eigenvalue weighted by Gasteiger charge is 2.02. The maximum Gasteiger partial charge on any atom is 0.0648 e. The van der Waals surface area contributed by atoms with Crippen LogP contribution in [0.1, 0.15) is 16.8 Å². The van der Waals surface area contributed by atoms with Crippen LogP contribution in [0.4, 0.5) is 0 Å². The van der Waals surface area contributed by atoms with Crippen LogP contribution in [-0.2, 0) is 6.54 Å². The molecule has 0 saturated heterocycles. The zero-order chi connectivity index (χ0) is 11.5. The Balaban J connectivity index is 2.34. The van der Waals surface area contributed by atoms with Crippen LogP contribution in [0.2, 0.25) is 0 Å². The molecular weight excluding hydrogens is 198 g/mol. The van der Waals surface area contributed by atoms with Gasteiger partial charge >= 0.3 is 0 Å². The van der Waals surface area contributed by atoms with Gasteiger partial charge in [-0.05, 0) is 50.2 Å². The lowest BCUT2D eigenvalue weighted by atomic mass is 10.1. The van der Waals surface area contributed by atoms with E-state index in [9.17, 15) is 0 Å². The summed E-state index contributed by atoms with van der Waals surface area (Å²) in [6, 6.07) is 8.43. The molecule has 0 atom stereocenters. The van der Waals surface area contributed by atoms with Crippen molar-refractivity contribution in [3.63, 3.8) is 0 Å². The van der Waals surface area contributed by atoms with E-state index in [1.807, 2.05) is 30.9 Å². The number of aromatic nitrogens is 2. The summed E-state index contributed by atoms with van der Waals surface area (Å²) in [5.74, 6) is 0. The summed E-state index contributed by atoms with van der Waals surface area (Å²) in [6.07, 6.45) is 1.99. The molecule has 1 N–H and O–H groups in total. The molecule has 0 amide bonds. The van der Waals surface area contributed by atoms with Gasteiger partial charge in [-0.3, -0.25) is 0 Å². The fourth-order valence-corrected chi connectivity index (χ4v) is 1.77. The van der Waals surface area contributed by atoms with Crippen molar-refractivity contribution in [2.24, 2.45) is 0 Å². The third kappa shape index (κ3) is 2.14. The molecule has 3 nitrogen and oxygen atoms in total. The molecule has 1 heterocycles. The predicted octanol–water partition coefficient (Wildman–Crippen LogP) is 2.21. The van der Waals surface area contributed by atoms with Crippen LogP contribution in [0.3, 0.4) is 0 Å². The van der Waals surface area contributed by atoms with E-state index in [1.165, 1.54) is 11.1 Å². The SMILES string of the molecule is CNCc1ccc(-n2ccc(C)n2)cc1C. The van der Waals surface area contributed by atoms with Gasteiger partial charge in [0.2, 0.25) is 0 Å². The van der Waals surface area contributed by atoms with Crippen LogP contribution >= 0.6 is 0 Å². The molecule has 2 aromatic rings. The van der Waals surface area contributed by atoms with Crippen LogP contribution in [0.25, 0.3) is 5.69 Å². The Kier molecular flexibility index (Phi) is 3.06. The molecule has 2 rings (SSSR count). The van der Waals surface area contributed by atoms with Crippen LogP contribution in [0.5, 0.6) is 0 Å². The summed E-state index contributed by atoms with van der Waals surface area (Å²) in [5, 5.41) is 7.56. The van der Waals surface area contributed by atoms with Gasteiger partial charge in [0.1, 0.15) is 0 Å². The topological polar surface area (TPSA) is 29.9 Å². The summed E-state index contributed by atoms with van der Waals surface area (Å²) in [5.41, 5.74) is 4.78. The summed E-state index contributed by atoms with van der Waals surface area (Å²) in [7, 11) is 1.96. The molecular formula is C13H17N3. The Hall–Kier alpha value is -1.61. The second-order valence-corrected chi connectivity index (χ2v) is 4.04. The number of benzene rings is 1. The van der Waals surface area contributed by atoms with Crippen LogP contribution in [0, 0.1) is 13.8 Å². The Morgan fingerprint density at radius 1 is 1.25 bits per heavy atom. The van der Waals surface area contributed by atoms with E-state index < -0.39 is 0 Å². The standard InChI is InChI=1S/C13H17N3/c1-10-8-13(5-4-12(10)9-14-3)16-7-6-11(2)15-16/h4-8,14H,9H2,1-3H3. The Labute approximate surface area is 96.1 Å². The van der Waals surface area contributed by atoms with Crippen molar-refractivity contribution in [3.8, 4) is 5.69 Å². The molecule has 16 heavy (non-hydrogen) atoms. The minimum Gasteiger partial charge on any atom is -0.316 e. The molecule has 0 aliphatic rings. The molecule has 0 bridgehead atoms. The smallest absolute Gasteiger partial charge is 0.0648 e. The normalized spacial score (nSPS) is 10.7. The number of hydrogen-bond donors (Lipinski definition) is 1. The van der Waals surface area contributed by atoms with E-state index in [0.717, 1.165) is 17.9 Å². The molecule has 0 aliphatic heterocycles. The lowest BCUT2D eigenvalue weighted by Crippen LogP contribution is -2.07. The molecule has 1 aromatic heterocycles. The average Bonchev–Trinajstić information content (AvgIpc) is 2.68. The van der Waals surface area contributed by atoms with Gasteiger partial charge < -0.3 is 5.32 Å². The van der Waals surface area contributed by atoms with Crippen molar-refractivity contribution in [3.05, 3.63) is 47.3 Å². The highest BCUT2D eigenvalue weighted by atomic mass is 15.3. The quantitative estimate of drug-likeness (QED) is 0.850. The Bertz CT molecular complexity index is 486. The van der Waals surface area contributed by atoms with Crippen LogP contribution < -0.4 is 5.32 Å². The first-order valence-electron chi connectivity index (χ1n) is 5.47. The zero-order valence-corrected chi connectivity index (χ0v) is 9.99. The fraction of sp³-hybridized carbons (Fsp3) is 0.308. The second kappa shape index (κ2) is 4.49. The fourth-order valence-electron chi connectivity index (χ4n) is 1.77. The van der Waals surface area contributed by atoms with Gasteiger partial charge in [0.15, 0.2) is 0 Å². The molecule has 0 aliphatic carbocycles. The molecule has 1 aromatic carbocycles. The van der Waals surface area contributed by atoms with E-state index in [-0.39, 0.29) is 0 Å². The number of nitrogens with zero attached hydrogens (tertiary/aromatic N) is 2. The van der Waals surface area contributed by atoms with Crippen molar-refractivity contribution in [1.82, 2.24) is 15.1 Å². The predicted molar refractivity (Wildman–Crippen MR) is 65.8 cm³/mol. The van der Waals surface area contributed by atoms with E-state index in [2.05, 4.69) is 35.5 Å². The number of aryl methyl sites for hydroxylation is 2. The van der Waals surface area contributed by atoms with Gasteiger partial charge in [0, 0.05) is 12.7 Å². The summed E-state index contributed by atoms with van der Waals surface area (Å²) >= 11 is 0. The van der Waals surface area contributed by atoms with Crippen LogP contribution in [-0.4, -0.2) is 16.8 Å².